The summed E-state index contributed by atoms with van der Waals surface area (Å²) in [6.07, 6.45) is -1.94. The average Bonchev–Trinajstić information content (AvgIpc) is 3.45. The number of carboxylic acids is 1. The summed E-state index contributed by atoms with van der Waals surface area (Å²) in [6.45, 7) is 2.10. The first-order valence-electron chi connectivity index (χ1n) is 11.0. The van der Waals surface area contributed by atoms with E-state index in [4.69, 9.17) is 4.74 Å². The molecular weight excluding hydrogens is 494 g/mol. The van der Waals surface area contributed by atoms with E-state index in [9.17, 15) is 29.4 Å². The third-order valence-corrected chi connectivity index (χ3v) is 7.21. The first-order chi connectivity index (χ1) is 17.3. The lowest BCUT2D eigenvalue weighted by Gasteiger charge is -2.48. The number of carbonyl (C=O) groups excluding carboxylic acids is 2. The van der Waals surface area contributed by atoms with Crippen LogP contribution in [0.5, 0.6) is 0 Å². The highest BCUT2D eigenvalue weighted by Gasteiger charge is 2.65. The Kier molecular flexibility index (Phi) is 5.99. The number of anilines is 1. The minimum Gasteiger partial charge on any atom is -0.487 e. The topological polar surface area (TPSA) is 171 Å². The van der Waals surface area contributed by atoms with Gasteiger partial charge < -0.3 is 19.8 Å². The monoisotopic (exact) mass is 515 g/mol. The predicted molar refractivity (Wildman–Crippen MR) is 122 cm³/mol. The highest BCUT2D eigenvalue weighted by atomic mass is 32.2. The molecular formula is C21H21N7O7S. The van der Waals surface area contributed by atoms with E-state index in [1.165, 1.54) is 4.68 Å². The second kappa shape index (κ2) is 9.14. The first kappa shape index (κ1) is 23.6. The molecule has 3 aliphatic heterocycles. The maximum absolute atomic E-state index is 12.9. The van der Waals surface area contributed by atoms with Crippen molar-refractivity contribution in [3.05, 3.63) is 41.8 Å². The number of likely N-dealkylation sites (N-methyl/N-ethyl adjacent to an activating group) is 1. The molecule has 188 valence electrons. The van der Waals surface area contributed by atoms with Crippen molar-refractivity contribution >= 4 is 41.3 Å². The molecule has 1 aromatic carbocycles. The zero-order valence-electron chi connectivity index (χ0n) is 18.9. The Balaban J connectivity index is 1.32. The average molecular weight is 516 g/mol. The van der Waals surface area contributed by atoms with Crippen molar-refractivity contribution in [2.75, 3.05) is 23.7 Å². The maximum atomic E-state index is 12.9. The number of likely N-dealkylation sites (tertiary alicyclic amines) is 1. The molecule has 3 aliphatic rings. The van der Waals surface area contributed by atoms with Crippen molar-refractivity contribution in [2.24, 2.45) is 0 Å². The lowest BCUT2D eigenvalue weighted by molar-refractivity contribution is -0.160. The number of carbonyl (C=O) groups is 4. The molecule has 3 amide bonds. The molecule has 2 saturated heterocycles. The maximum Gasteiger partial charge on any atom is 0.408 e. The van der Waals surface area contributed by atoms with Crippen LogP contribution in [0.25, 0.3) is 0 Å². The number of para-hydroxylation sites is 1. The van der Waals surface area contributed by atoms with E-state index in [-0.39, 0.29) is 41.4 Å². The second-order valence-electron chi connectivity index (χ2n) is 8.19. The van der Waals surface area contributed by atoms with Gasteiger partial charge in [0.05, 0.1) is 12.3 Å². The Morgan fingerprint density at radius 1 is 1.22 bits per heavy atom. The van der Waals surface area contributed by atoms with E-state index < -0.39 is 36.2 Å². The fourth-order valence-corrected chi connectivity index (χ4v) is 5.52. The molecule has 0 aliphatic carbocycles. The molecule has 5 rings (SSSR count). The minimum atomic E-state index is -1.36. The summed E-state index contributed by atoms with van der Waals surface area (Å²) in [4.78, 5) is 52.7. The smallest absolute Gasteiger partial charge is 0.408 e. The molecule has 15 heteroatoms. The summed E-state index contributed by atoms with van der Waals surface area (Å²) in [6, 6.07) is 7.54. The molecule has 0 saturated carbocycles. The van der Waals surface area contributed by atoms with Gasteiger partial charge in [0, 0.05) is 12.2 Å². The molecule has 2 fully saturated rings. The number of benzene rings is 1. The number of nitrogens with zero attached hydrogens (tertiary/aromatic N) is 7. The SMILES string of the molecule is CCN(C(=O)Cn1nnnc1SCC1=C(C(=O)O)N2C(=O)[C@@H]3[C@H]2[C@@H](CN3C(=O)O)O1)c1ccccc1. The van der Waals surface area contributed by atoms with E-state index >= 15 is 0 Å². The van der Waals surface area contributed by atoms with Gasteiger partial charge in [0.2, 0.25) is 11.1 Å². The fourth-order valence-electron chi connectivity index (χ4n) is 4.71. The summed E-state index contributed by atoms with van der Waals surface area (Å²) in [5, 5.41) is 30.9. The Bertz CT molecular complexity index is 1270. The van der Waals surface area contributed by atoms with Crippen LogP contribution in [0.15, 0.2) is 46.9 Å². The summed E-state index contributed by atoms with van der Waals surface area (Å²) < 4.78 is 7.18. The van der Waals surface area contributed by atoms with Crippen LogP contribution in [0.3, 0.4) is 0 Å². The highest BCUT2D eigenvalue weighted by Crippen LogP contribution is 2.44. The van der Waals surface area contributed by atoms with E-state index in [1.54, 1.807) is 4.90 Å². The van der Waals surface area contributed by atoms with Gasteiger partial charge in [0.25, 0.3) is 5.91 Å². The highest BCUT2D eigenvalue weighted by molar-refractivity contribution is 7.99. The number of hydrogen-bond acceptors (Lipinski definition) is 9. The van der Waals surface area contributed by atoms with Gasteiger partial charge in [-0.25, -0.2) is 14.3 Å². The van der Waals surface area contributed by atoms with E-state index in [0.29, 0.717) is 6.54 Å². The van der Waals surface area contributed by atoms with Crippen LogP contribution in [0.4, 0.5) is 10.5 Å². The summed E-state index contributed by atoms with van der Waals surface area (Å²) in [7, 11) is 0. The number of aromatic nitrogens is 4. The molecule has 14 nitrogen and oxygen atoms in total. The fraction of sp³-hybridized carbons (Fsp3) is 0.381. The second-order valence-corrected chi connectivity index (χ2v) is 9.14. The van der Waals surface area contributed by atoms with Crippen molar-refractivity contribution in [2.45, 2.75) is 36.8 Å². The van der Waals surface area contributed by atoms with Crippen LogP contribution in [0, 0.1) is 0 Å². The number of thioether (sulfide) groups is 1. The number of ether oxygens (including phenoxy) is 1. The Morgan fingerprint density at radius 2 is 1.97 bits per heavy atom. The van der Waals surface area contributed by atoms with Crippen LogP contribution < -0.4 is 4.90 Å². The summed E-state index contributed by atoms with van der Waals surface area (Å²) in [5.74, 6) is -2.23. The summed E-state index contributed by atoms with van der Waals surface area (Å²) in [5.41, 5.74) is 0.409. The van der Waals surface area contributed by atoms with Crippen molar-refractivity contribution in [3.8, 4) is 0 Å². The number of amides is 3. The van der Waals surface area contributed by atoms with Crippen LogP contribution >= 0.6 is 11.8 Å². The van der Waals surface area contributed by atoms with Crippen molar-refractivity contribution in [1.29, 1.82) is 0 Å². The molecule has 0 unspecified atom stereocenters. The van der Waals surface area contributed by atoms with Crippen molar-refractivity contribution in [3.63, 3.8) is 0 Å². The largest absolute Gasteiger partial charge is 0.487 e. The quantitative estimate of drug-likeness (QED) is 0.360. The number of carboxylic acid groups (broad SMARTS) is 2. The number of rotatable bonds is 8. The zero-order chi connectivity index (χ0) is 25.6. The minimum absolute atomic E-state index is 0.00753. The van der Waals surface area contributed by atoms with Gasteiger partial charge in [-0.05, 0) is 29.5 Å². The molecule has 2 N–H and O–H groups in total. The van der Waals surface area contributed by atoms with E-state index in [0.717, 1.165) is 27.2 Å². The number of hydrogen-bond donors (Lipinski definition) is 2. The van der Waals surface area contributed by atoms with Gasteiger partial charge in [-0.15, -0.1) is 5.10 Å². The predicted octanol–water partition coefficient (Wildman–Crippen LogP) is 0.0863. The van der Waals surface area contributed by atoms with Gasteiger partial charge in [-0.1, -0.05) is 30.0 Å². The van der Waals surface area contributed by atoms with Crippen LogP contribution in [-0.2, 0) is 25.7 Å². The molecule has 0 spiro atoms. The molecule has 4 heterocycles. The number of β-lactam (4-membered cyclic amide) rings is 1. The molecule has 1 aromatic heterocycles. The Hall–Kier alpha value is -4.14. The van der Waals surface area contributed by atoms with E-state index in [2.05, 4.69) is 15.5 Å². The van der Waals surface area contributed by atoms with Crippen molar-refractivity contribution in [1.82, 2.24) is 30.0 Å². The zero-order valence-corrected chi connectivity index (χ0v) is 19.7. The van der Waals surface area contributed by atoms with Gasteiger partial charge in [-0.3, -0.25) is 19.4 Å². The first-order valence-corrected chi connectivity index (χ1v) is 12.0. The molecule has 3 atom stereocenters. The number of tetrazole rings is 1. The standard InChI is InChI=1S/C21H21N7O7S/c1-2-25(11-6-4-3-5-7-11)14(29)9-27-20(22-23-24-27)36-10-13-16(19(31)32)28-15-12(35-13)8-26(21(33)34)17(15)18(28)30/h3-7,12,15,17H,2,8-10H2,1H3,(H,31,32)(H,33,34)/t12-,15-,17+/m1/s1. The normalized spacial score (nSPS) is 22.1. The van der Waals surface area contributed by atoms with E-state index in [1.807, 2.05) is 37.3 Å². The third kappa shape index (κ3) is 3.80. The Morgan fingerprint density at radius 3 is 2.64 bits per heavy atom. The summed E-state index contributed by atoms with van der Waals surface area (Å²) >= 11 is 1.04. The molecule has 36 heavy (non-hydrogen) atoms. The third-order valence-electron chi connectivity index (χ3n) is 6.25. The van der Waals surface area contributed by atoms with Gasteiger partial charge in [0.15, 0.2) is 5.70 Å². The number of aliphatic carboxylic acids is 1. The lowest BCUT2D eigenvalue weighted by Crippen LogP contribution is -2.70. The lowest BCUT2D eigenvalue weighted by atomic mass is 9.91. The molecule has 0 radical (unpaired) electrons. The van der Waals surface area contributed by atoms with Gasteiger partial charge >= 0.3 is 12.1 Å². The van der Waals surface area contributed by atoms with Gasteiger partial charge in [0.1, 0.15) is 30.5 Å². The van der Waals surface area contributed by atoms with Crippen LogP contribution in [0.2, 0.25) is 0 Å². The van der Waals surface area contributed by atoms with Crippen LogP contribution in [0.1, 0.15) is 6.92 Å². The van der Waals surface area contributed by atoms with Gasteiger partial charge in [-0.2, -0.15) is 0 Å². The van der Waals surface area contributed by atoms with Crippen LogP contribution in [-0.4, -0.2) is 101 Å². The van der Waals surface area contributed by atoms with Crippen molar-refractivity contribution < 1.29 is 34.1 Å². The molecule has 2 aromatic rings. The Labute approximate surface area is 208 Å². The molecule has 0 bridgehead atoms.